The molecule has 7 heteroatoms. The number of nitrogens with two attached hydrogens (primary N) is 1. The molecule has 0 aliphatic carbocycles. The Morgan fingerprint density at radius 3 is 2.77 bits per heavy atom. The number of hydrogen-bond donors (Lipinski definition) is 2. The number of nitrogens with one attached hydrogen (secondary N) is 1. The first-order chi connectivity index (χ1) is 12.8. The summed E-state index contributed by atoms with van der Waals surface area (Å²) in [7, 11) is 0. The summed E-state index contributed by atoms with van der Waals surface area (Å²) in [5.74, 6) is 0.915. The van der Waals surface area contributed by atoms with Gasteiger partial charge in [0.25, 0.3) is 6.01 Å². The van der Waals surface area contributed by atoms with Crippen LogP contribution in [0.25, 0.3) is 33.3 Å². The predicted molar refractivity (Wildman–Crippen MR) is 102 cm³/mol. The molecular weight excluding hydrogens is 328 g/mol. The van der Waals surface area contributed by atoms with Crippen molar-refractivity contribution < 1.29 is 4.42 Å². The maximum atomic E-state index is 5.72. The quantitative estimate of drug-likeness (QED) is 0.576. The third-order valence-corrected chi connectivity index (χ3v) is 4.71. The molecule has 4 aromatic rings. The summed E-state index contributed by atoms with van der Waals surface area (Å²) in [4.78, 5) is 15.9. The summed E-state index contributed by atoms with van der Waals surface area (Å²) in [6.07, 6.45) is 1.85. The van der Waals surface area contributed by atoms with E-state index in [1.165, 1.54) is 0 Å². The fourth-order valence-electron chi connectivity index (χ4n) is 3.41. The first-order valence-electron chi connectivity index (χ1n) is 8.66. The zero-order chi connectivity index (χ0) is 17.5. The Morgan fingerprint density at radius 1 is 1.00 bits per heavy atom. The summed E-state index contributed by atoms with van der Waals surface area (Å²) in [5, 5.41) is 3.35. The van der Waals surface area contributed by atoms with Crippen LogP contribution in [0.1, 0.15) is 0 Å². The van der Waals surface area contributed by atoms with Gasteiger partial charge in [0.1, 0.15) is 11.3 Å². The van der Waals surface area contributed by atoms with Gasteiger partial charge in [0.15, 0.2) is 5.58 Å². The number of nitrogens with zero attached hydrogens (tertiary/aromatic N) is 4. The number of piperazine rings is 1. The van der Waals surface area contributed by atoms with Crippen LogP contribution in [-0.2, 0) is 0 Å². The molecule has 1 saturated heterocycles. The van der Waals surface area contributed by atoms with Gasteiger partial charge in [0.2, 0.25) is 0 Å². The van der Waals surface area contributed by atoms with Crippen LogP contribution in [-0.4, -0.2) is 41.1 Å². The smallest absolute Gasteiger partial charge is 0.293 e. The number of rotatable bonds is 2. The number of oxazole rings is 1. The first-order valence-corrected chi connectivity index (χ1v) is 8.66. The predicted octanol–water partition coefficient (Wildman–Crippen LogP) is 2.43. The minimum atomic E-state index is 0.175. The highest BCUT2D eigenvalue weighted by atomic mass is 16.4. The number of para-hydroxylation sites is 1. The average Bonchev–Trinajstić information content (AvgIpc) is 3.08. The molecule has 0 saturated carbocycles. The lowest BCUT2D eigenvalue weighted by molar-refractivity contribution is 0.585. The molecule has 1 aliphatic heterocycles. The lowest BCUT2D eigenvalue weighted by Crippen LogP contribution is -2.43. The molecule has 2 aromatic carbocycles. The van der Waals surface area contributed by atoms with Crippen LogP contribution >= 0.6 is 0 Å². The van der Waals surface area contributed by atoms with Gasteiger partial charge in [-0.3, -0.25) is 4.98 Å². The molecule has 1 aliphatic rings. The van der Waals surface area contributed by atoms with E-state index in [0.29, 0.717) is 5.58 Å². The largest absolute Gasteiger partial charge is 0.423 e. The van der Waals surface area contributed by atoms with Crippen LogP contribution in [0.5, 0.6) is 0 Å². The zero-order valence-corrected chi connectivity index (χ0v) is 14.1. The number of aromatic nitrogens is 3. The second-order valence-corrected chi connectivity index (χ2v) is 6.37. The van der Waals surface area contributed by atoms with Gasteiger partial charge in [-0.1, -0.05) is 18.2 Å². The van der Waals surface area contributed by atoms with Gasteiger partial charge in [-0.15, -0.1) is 0 Å². The van der Waals surface area contributed by atoms with E-state index in [0.717, 1.165) is 59.7 Å². The van der Waals surface area contributed by atoms with Gasteiger partial charge in [-0.05, 0) is 23.8 Å². The van der Waals surface area contributed by atoms with Crippen molar-refractivity contribution in [2.24, 2.45) is 0 Å². The molecule has 0 unspecified atom stereocenters. The normalized spacial score (nSPS) is 15.0. The Labute approximate surface area is 149 Å². The molecule has 0 spiro atoms. The Morgan fingerprint density at radius 2 is 1.88 bits per heavy atom. The van der Waals surface area contributed by atoms with Gasteiger partial charge in [0, 0.05) is 31.7 Å². The maximum Gasteiger partial charge on any atom is 0.293 e. The van der Waals surface area contributed by atoms with Crippen molar-refractivity contribution in [2.45, 2.75) is 0 Å². The molecule has 0 radical (unpaired) electrons. The third kappa shape index (κ3) is 2.53. The molecule has 130 valence electrons. The highest BCUT2D eigenvalue weighted by Gasteiger charge is 2.14. The van der Waals surface area contributed by atoms with E-state index >= 15 is 0 Å². The van der Waals surface area contributed by atoms with Gasteiger partial charge in [-0.2, -0.15) is 4.98 Å². The fourth-order valence-corrected chi connectivity index (χ4v) is 3.41. The van der Waals surface area contributed by atoms with Crippen LogP contribution in [0.2, 0.25) is 0 Å². The molecule has 0 atom stereocenters. The highest BCUT2D eigenvalue weighted by molar-refractivity contribution is 5.93. The number of anilines is 2. The molecule has 0 bridgehead atoms. The molecule has 5 rings (SSSR count). The van der Waals surface area contributed by atoms with Crippen LogP contribution < -0.4 is 16.0 Å². The topological polar surface area (TPSA) is 93.1 Å². The van der Waals surface area contributed by atoms with Crippen molar-refractivity contribution in [3.05, 3.63) is 42.6 Å². The van der Waals surface area contributed by atoms with Crippen molar-refractivity contribution in [2.75, 3.05) is 36.8 Å². The van der Waals surface area contributed by atoms with E-state index in [4.69, 9.17) is 15.1 Å². The molecular formula is C19H18N6O. The lowest BCUT2D eigenvalue weighted by atomic mass is 10.0. The van der Waals surface area contributed by atoms with Crippen LogP contribution in [0.4, 0.5) is 11.8 Å². The number of hydrogen-bond acceptors (Lipinski definition) is 7. The van der Waals surface area contributed by atoms with Crippen molar-refractivity contribution in [3.8, 4) is 11.1 Å². The summed E-state index contributed by atoms with van der Waals surface area (Å²) in [5.41, 5.74) is 10.8. The van der Waals surface area contributed by atoms with Gasteiger partial charge >= 0.3 is 0 Å². The van der Waals surface area contributed by atoms with Crippen molar-refractivity contribution in [1.29, 1.82) is 0 Å². The third-order valence-electron chi connectivity index (χ3n) is 4.71. The summed E-state index contributed by atoms with van der Waals surface area (Å²) in [6.45, 7) is 3.82. The number of benzene rings is 2. The van der Waals surface area contributed by atoms with Gasteiger partial charge < -0.3 is 20.4 Å². The lowest BCUT2D eigenvalue weighted by Gasteiger charge is -2.28. The second kappa shape index (κ2) is 5.96. The average molecular weight is 346 g/mol. The SMILES string of the molecule is Nc1nc2cccc(-c3ccc4ncc(N5CCNCC5)nc4c3)c2o1. The summed E-state index contributed by atoms with van der Waals surface area (Å²) in [6, 6.07) is 12.1. The minimum Gasteiger partial charge on any atom is -0.423 e. The van der Waals surface area contributed by atoms with Gasteiger partial charge in [0.05, 0.1) is 17.2 Å². The monoisotopic (exact) mass is 346 g/mol. The molecule has 0 amide bonds. The number of fused-ring (bicyclic) bond motifs is 2. The Hall–Kier alpha value is -3.19. The standard InChI is InChI=1S/C19H18N6O/c20-19-24-15-3-1-2-13(18(15)26-19)12-4-5-14-16(10-12)23-17(11-22-14)25-8-6-21-7-9-25/h1-5,10-11,21H,6-9H2,(H2,20,24). The van der Waals surface area contributed by atoms with E-state index in [9.17, 15) is 0 Å². The number of nitrogen functional groups attached to an aromatic ring is 1. The molecule has 7 nitrogen and oxygen atoms in total. The van der Waals surface area contributed by atoms with E-state index < -0.39 is 0 Å². The van der Waals surface area contributed by atoms with Crippen molar-refractivity contribution >= 4 is 34.0 Å². The van der Waals surface area contributed by atoms with Crippen LogP contribution in [0.3, 0.4) is 0 Å². The van der Waals surface area contributed by atoms with E-state index in [-0.39, 0.29) is 6.01 Å². The van der Waals surface area contributed by atoms with E-state index in [1.807, 2.05) is 42.6 Å². The highest BCUT2D eigenvalue weighted by Crippen LogP contribution is 2.31. The Balaban J connectivity index is 1.61. The second-order valence-electron chi connectivity index (χ2n) is 6.37. The maximum absolute atomic E-state index is 5.72. The van der Waals surface area contributed by atoms with Crippen molar-refractivity contribution in [1.82, 2.24) is 20.3 Å². The minimum absolute atomic E-state index is 0.175. The zero-order valence-electron chi connectivity index (χ0n) is 14.1. The Bertz CT molecular complexity index is 1100. The van der Waals surface area contributed by atoms with Gasteiger partial charge in [-0.25, -0.2) is 4.98 Å². The van der Waals surface area contributed by atoms with E-state index in [1.54, 1.807) is 0 Å². The summed E-state index contributed by atoms with van der Waals surface area (Å²) >= 11 is 0. The fraction of sp³-hybridized carbons (Fsp3) is 0.211. The molecule has 1 fully saturated rings. The van der Waals surface area contributed by atoms with Crippen LogP contribution in [0, 0.1) is 0 Å². The summed E-state index contributed by atoms with van der Waals surface area (Å²) < 4.78 is 5.60. The van der Waals surface area contributed by atoms with E-state index in [2.05, 4.69) is 20.2 Å². The molecule has 26 heavy (non-hydrogen) atoms. The molecule has 2 aromatic heterocycles. The van der Waals surface area contributed by atoms with Crippen LogP contribution in [0.15, 0.2) is 47.0 Å². The molecule has 3 heterocycles. The molecule has 3 N–H and O–H groups in total. The Kier molecular flexibility index (Phi) is 3.46. The van der Waals surface area contributed by atoms with Crippen molar-refractivity contribution in [3.63, 3.8) is 0 Å². The first kappa shape index (κ1) is 15.1.